The molecule has 1 aromatic carbocycles. The van der Waals surface area contributed by atoms with Crippen LogP contribution in [-0.4, -0.2) is 6.03 Å². The van der Waals surface area contributed by atoms with Crippen LogP contribution in [0.1, 0.15) is 5.56 Å². The predicted octanol–water partition coefficient (Wildman–Crippen LogP) is 2.85. The number of amides is 2. The summed E-state index contributed by atoms with van der Waals surface area (Å²) < 4.78 is 37.3. The average molecular weight is 239 g/mol. The Labute approximate surface area is 88.0 Å². The van der Waals surface area contributed by atoms with E-state index in [-0.39, 0.29) is 5.02 Å². The molecule has 15 heavy (non-hydrogen) atoms. The number of carbonyl (C=O) groups is 1. The van der Waals surface area contributed by atoms with E-state index in [4.69, 9.17) is 17.3 Å². The van der Waals surface area contributed by atoms with Gasteiger partial charge in [0.05, 0.1) is 11.3 Å². The number of nitrogens with two attached hydrogens (primary N) is 1. The summed E-state index contributed by atoms with van der Waals surface area (Å²) in [7, 11) is 0. The highest BCUT2D eigenvalue weighted by Gasteiger charge is 2.34. The average Bonchev–Trinajstić information content (AvgIpc) is 2.05. The lowest BCUT2D eigenvalue weighted by atomic mass is 10.1. The summed E-state index contributed by atoms with van der Waals surface area (Å²) >= 11 is 5.42. The number of rotatable bonds is 1. The Morgan fingerprint density at radius 1 is 1.40 bits per heavy atom. The number of benzene rings is 1. The molecule has 0 atom stereocenters. The molecule has 3 nitrogen and oxygen atoms in total. The maximum atomic E-state index is 12.4. The third-order valence-electron chi connectivity index (χ3n) is 1.54. The van der Waals surface area contributed by atoms with Crippen LogP contribution in [0.4, 0.5) is 23.7 Å². The summed E-state index contributed by atoms with van der Waals surface area (Å²) in [6.07, 6.45) is -4.59. The molecule has 0 fully saturated rings. The molecule has 3 N–H and O–H groups in total. The normalized spacial score (nSPS) is 11.2. The summed E-state index contributed by atoms with van der Waals surface area (Å²) in [5.41, 5.74) is 3.27. The van der Waals surface area contributed by atoms with Crippen molar-refractivity contribution in [1.29, 1.82) is 0 Å². The molecule has 1 rings (SSSR count). The molecule has 0 aromatic heterocycles. The van der Waals surface area contributed by atoms with E-state index in [0.29, 0.717) is 6.07 Å². The van der Waals surface area contributed by atoms with Crippen LogP contribution in [0, 0.1) is 0 Å². The maximum absolute atomic E-state index is 12.4. The first kappa shape index (κ1) is 11.6. The molecule has 0 aliphatic carbocycles. The SMILES string of the molecule is NC(=O)Nc1ccc(Cl)cc1C(F)(F)F. The van der Waals surface area contributed by atoms with Gasteiger partial charge in [0.1, 0.15) is 0 Å². The zero-order valence-electron chi connectivity index (χ0n) is 7.23. The third kappa shape index (κ3) is 3.02. The van der Waals surface area contributed by atoms with Crippen molar-refractivity contribution in [3.8, 4) is 0 Å². The van der Waals surface area contributed by atoms with Gasteiger partial charge in [0.25, 0.3) is 0 Å². The molecule has 0 bridgehead atoms. The zero-order chi connectivity index (χ0) is 11.6. The molecule has 7 heteroatoms. The number of primary amides is 1. The molecule has 0 aliphatic heterocycles. The maximum Gasteiger partial charge on any atom is 0.418 e. The van der Waals surface area contributed by atoms with Crippen LogP contribution < -0.4 is 11.1 Å². The van der Waals surface area contributed by atoms with Crippen LogP contribution in [0.15, 0.2) is 18.2 Å². The quantitative estimate of drug-likeness (QED) is 0.777. The molecule has 0 unspecified atom stereocenters. The Hall–Kier alpha value is -1.43. The predicted molar refractivity (Wildman–Crippen MR) is 49.7 cm³/mol. The van der Waals surface area contributed by atoms with Gasteiger partial charge in [0.15, 0.2) is 0 Å². The number of halogens is 4. The smallest absolute Gasteiger partial charge is 0.351 e. The van der Waals surface area contributed by atoms with Crippen molar-refractivity contribution < 1.29 is 18.0 Å². The van der Waals surface area contributed by atoms with E-state index in [2.05, 4.69) is 0 Å². The van der Waals surface area contributed by atoms with Crippen LogP contribution in [0.2, 0.25) is 5.02 Å². The van der Waals surface area contributed by atoms with E-state index in [1.54, 1.807) is 0 Å². The first-order valence-corrected chi connectivity index (χ1v) is 4.11. The Kier molecular flexibility index (Phi) is 3.09. The van der Waals surface area contributed by atoms with Crippen molar-refractivity contribution >= 4 is 23.3 Å². The van der Waals surface area contributed by atoms with E-state index >= 15 is 0 Å². The van der Waals surface area contributed by atoms with Gasteiger partial charge in [-0.1, -0.05) is 11.6 Å². The van der Waals surface area contributed by atoms with E-state index in [1.165, 1.54) is 6.07 Å². The van der Waals surface area contributed by atoms with E-state index in [1.807, 2.05) is 5.32 Å². The van der Waals surface area contributed by atoms with E-state index in [0.717, 1.165) is 6.07 Å². The van der Waals surface area contributed by atoms with Gasteiger partial charge >= 0.3 is 12.2 Å². The van der Waals surface area contributed by atoms with Crippen LogP contribution in [-0.2, 0) is 6.18 Å². The standard InChI is InChI=1S/C8H6ClF3N2O/c9-4-1-2-6(14-7(13)15)5(3-4)8(10,11)12/h1-3H,(H3,13,14,15). The van der Waals surface area contributed by atoms with Gasteiger partial charge in [-0.25, -0.2) is 4.79 Å². The second-order valence-corrected chi connectivity index (χ2v) is 3.11. The molecule has 0 saturated carbocycles. The van der Waals surface area contributed by atoms with Gasteiger partial charge in [-0.2, -0.15) is 13.2 Å². The minimum atomic E-state index is -4.59. The number of anilines is 1. The van der Waals surface area contributed by atoms with Gasteiger partial charge in [-0.05, 0) is 18.2 Å². The number of nitrogens with one attached hydrogen (secondary N) is 1. The Morgan fingerprint density at radius 3 is 2.47 bits per heavy atom. The van der Waals surface area contributed by atoms with Crippen molar-refractivity contribution in [2.24, 2.45) is 5.73 Å². The molecular formula is C8H6ClF3N2O. The summed E-state index contributed by atoms with van der Waals surface area (Å²) in [6, 6.07) is 1.91. The molecule has 82 valence electrons. The summed E-state index contributed by atoms with van der Waals surface area (Å²) in [5, 5.41) is 1.80. The second-order valence-electron chi connectivity index (χ2n) is 2.68. The van der Waals surface area contributed by atoms with Crippen LogP contribution in [0.3, 0.4) is 0 Å². The van der Waals surface area contributed by atoms with E-state index in [9.17, 15) is 18.0 Å². The van der Waals surface area contributed by atoms with Crippen molar-refractivity contribution in [1.82, 2.24) is 0 Å². The first-order valence-electron chi connectivity index (χ1n) is 3.74. The Balaban J connectivity index is 3.20. The third-order valence-corrected chi connectivity index (χ3v) is 1.78. The fraction of sp³-hybridized carbons (Fsp3) is 0.125. The molecule has 2 amide bonds. The van der Waals surface area contributed by atoms with Crippen molar-refractivity contribution in [2.45, 2.75) is 6.18 Å². The number of alkyl halides is 3. The van der Waals surface area contributed by atoms with Crippen LogP contribution >= 0.6 is 11.6 Å². The summed E-state index contributed by atoms with van der Waals surface area (Å²) in [4.78, 5) is 10.4. The summed E-state index contributed by atoms with van der Waals surface area (Å²) in [6.45, 7) is 0. The van der Waals surface area contributed by atoms with Gasteiger partial charge in [-0.15, -0.1) is 0 Å². The van der Waals surface area contributed by atoms with Crippen molar-refractivity contribution in [2.75, 3.05) is 5.32 Å². The molecule has 0 spiro atoms. The van der Waals surface area contributed by atoms with Crippen molar-refractivity contribution in [3.63, 3.8) is 0 Å². The Morgan fingerprint density at radius 2 is 2.00 bits per heavy atom. The topological polar surface area (TPSA) is 55.1 Å². The van der Waals surface area contributed by atoms with Crippen molar-refractivity contribution in [3.05, 3.63) is 28.8 Å². The van der Waals surface area contributed by atoms with E-state index < -0.39 is 23.5 Å². The molecule has 0 radical (unpaired) electrons. The monoisotopic (exact) mass is 238 g/mol. The highest BCUT2D eigenvalue weighted by molar-refractivity contribution is 6.30. The zero-order valence-corrected chi connectivity index (χ0v) is 7.99. The molecule has 0 aliphatic rings. The highest BCUT2D eigenvalue weighted by Crippen LogP contribution is 2.36. The second kappa shape index (κ2) is 3.98. The summed E-state index contributed by atoms with van der Waals surface area (Å²) in [5.74, 6) is 0. The number of carbonyl (C=O) groups excluding carboxylic acids is 1. The fourth-order valence-electron chi connectivity index (χ4n) is 0.993. The lowest BCUT2D eigenvalue weighted by Crippen LogP contribution is -2.21. The van der Waals surface area contributed by atoms with Crippen LogP contribution in [0.25, 0.3) is 0 Å². The van der Waals surface area contributed by atoms with Gasteiger partial charge in [0.2, 0.25) is 0 Å². The first-order chi connectivity index (χ1) is 6.80. The minimum absolute atomic E-state index is 0.0719. The molecule has 0 saturated heterocycles. The highest BCUT2D eigenvalue weighted by atomic mass is 35.5. The van der Waals surface area contributed by atoms with Gasteiger partial charge in [-0.3, -0.25) is 0 Å². The number of urea groups is 1. The fourth-order valence-corrected chi connectivity index (χ4v) is 1.16. The molecule has 1 aromatic rings. The number of hydrogen-bond donors (Lipinski definition) is 2. The molecular weight excluding hydrogens is 233 g/mol. The minimum Gasteiger partial charge on any atom is -0.351 e. The lowest BCUT2D eigenvalue weighted by molar-refractivity contribution is -0.136. The van der Waals surface area contributed by atoms with Gasteiger partial charge < -0.3 is 11.1 Å². The van der Waals surface area contributed by atoms with Gasteiger partial charge in [0, 0.05) is 5.02 Å². The molecule has 0 heterocycles. The largest absolute Gasteiger partial charge is 0.418 e. The number of hydrogen-bond acceptors (Lipinski definition) is 1. The van der Waals surface area contributed by atoms with Crippen LogP contribution in [0.5, 0.6) is 0 Å². The lowest BCUT2D eigenvalue weighted by Gasteiger charge is -2.12. The Bertz CT molecular complexity index is 392.